The number of methoxy groups -OCH3 is 1. The van der Waals surface area contributed by atoms with Crippen LogP contribution in [-0.4, -0.2) is 19.7 Å². The molecule has 5 nitrogen and oxygen atoms in total. The molecule has 0 unspecified atom stereocenters. The average Bonchev–Trinajstić information content (AvgIpc) is 2.95. The number of hydrogen-bond donors (Lipinski definition) is 1. The molecule has 2 N–H and O–H groups in total. The van der Waals surface area contributed by atoms with Crippen molar-refractivity contribution in [3.8, 4) is 5.75 Å². The lowest BCUT2D eigenvalue weighted by Gasteiger charge is -2.18. The van der Waals surface area contributed by atoms with Gasteiger partial charge in [-0.15, -0.1) is 0 Å². The number of ether oxygens (including phenoxy) is 2. The van der Waals surface area contributed by atoms with Gasteiger partial charge in [0.25, 0.3) is 0 Å². The van der Waals surface area contributed by atoms with E-state index in [1.807, 2.05) is 36.4 Å². The van der Waals surface area contributed by atoms with E-state index >= 15 is 0 Å². The van der Waals surface area contributed by atoms with Crippen molar-refractivity contribution in [3.63, 3.8) is 0 Å². The third-order valence-corrected chi connectivity index (χ3v) is 3.75. The molecule has 5 heteroatoms. The largest absolute Gasteiger partial charge is 0.495 e. The molecule has 0 radical (unpaired) electrons. The highest BCUT2D eigenvalue weighted by molar-refractivity contribution is 5.91. The smallest absolute Gasteiger partial charge is 0.414 e. The van der Waals surface area contributed by atoms with Gasteiger partial charge >= 0.3 is 6.09 Å². The molecule has 1 aliphatic rings. The minimum atomic E-state index is -0.354. The second-order valence-electron chi connectivity index (χ2n) is 5.16. The summed E-state index contributed by atoms with van der Waals surface area (Å²) >= 11 is 0. The molecule has 2 aromatic carbocycles. The van der Waals surface area contributed by atoms with Crippen molar-refractivity contribution >= 4 is 17.5 Å². The van der Waals surface area contributed by atoms with Crippen LogP contribution < -0.4 is 15.4 Å². The van der Waals surface area contributed by atoms with Crippen molar-refractivity contribution in [2.45, 2.75) is 13.0 Å². The SMILES string of the molecule is COc1cc2c(cc1N)N(C(=O)OCc1ccccc1)CC2. The maximum absolute atomic E-state index is 12.3. The van der Waals surface area contributed by atoms with Crippen molar-refractivity contribution in [1.82, 2.24) is 0 Å². The summed E-state index contributed by atoms with van der Waals surface area (Å²) in [5, 5.41) is 0. The Hall–Kier alpha value is -2.69. The summed E-state index contributed by atoms with van der Waals surface area (Å²) in [4.78, 5) is 13.9. The molecule has 0 aliphatic carbocycles. The average molecular weight is 298 g/mol. The number of nitrogen functional groups attached to an aromatic ring is 1. The molecule has 114 valence electrons. The van der Waals surface area contributed by atoms with E-state index in [2.05, 4.69) is 0 Å². The van der Waals surface area contributed by atoms with Crippen LogP contribution >= 0.6 is 0 Å². The zero-order valence-corrected chi connectivity index (χ0v) is 12.4. The Bertz CT molecular complexity index is 686. The van der Waals surface area contributed by atoms with Crippen LogP contribution in [0.5, 0.6) is 5.75 Å². The molecule has 0 aromatic heterocycles. The minimum Gasteiger partial charge on any atom is -0.495 e. The summed E-state index contributed by atoms with van der Waals surface area (Å²) < 4.78 is 10.6. The number of hydrogen-bond acceptors (Lipinski definition) is 4. The predicted molar refractivity (Wildman–Crippen MR) is 85.1 cm³/mol. The Labute approximate surface area is 129 Å². The molecular weight excluding hydrogens is 280 g/mol. The van der Waals surface area contributed by atoms with Crippen LogP contribution in [0.15, 0.2) is 42.5 Å². The highest BCUT2D eigenvalue weighted by atomic mass is 16.6. The Morgan fingerprint density at radius 3 is 2.77 bits per heavy atom. The van der Waals surface area contributed by atoms with Gasteiger partial charge in [0.15, 0.2) is 0 Å². The number of nitrogens with two attached hydrogens (primary N) is 1. The molecule has 0 saturated carbocycles. The molecule has 3 rings (SSSR count). The van der Waals surface area contributed by atoms with Gasteiger partial charge < -0.3 is 15.2 Å². The normalized spacial score (nSPS) is 12.9. The first-order chi connectivity index (χ1) is 10.7. The standard InChI is InChI=1S/C17H18N2O3/c1-21-16-9-13-7-8-19(15(13)10-14(16)18)17(20)22-11-12-5-3-2-4-6-12/h2-6,9-10H,7-8,11,18H2,1H3. The van der Waals surface area contributed by atoms with Crippen molar-refractivity contribution < 1.29 is 14.3 Å². The molecule has 0 atom stereocenters. The lowest BCUT2D eigenvalue weighted by atomic mass is 10.1. The fraction of sp³-hybridized carbons (Fsp3) is 0.235. The van der Waals surface area contributed by atoms with Crippen LogP contribution in [0.25, 0.3) is 0 Å². The van der Waals surface area contributed by atoms with E-state index in [0.717, 1.165) is 23.2 Å². The number of rotatable bonds is 3. The third-order valence-electron chi connectivity index (χ3n) is 3.75. The van der Waals surface area contributed by atoms with Crippen molar-refractivity contribution in [2.75, 3.05) is 24.3 Å². The Balaban J connectivity index is 1.72. The first-order valence-corrected chi connectivity index (χ1v) is 7.13. The summed E-state index contributed by atoms with van der Waals surface area (Å²) in [7, 11) is 1.58. The Morgan fingerprint density at radius 2 is 2.05 bits per heavy atom. The van der Waals surface area contributed by atoms with Crippen LogP contribution in [-0.2, 0) is 17.8 Å². The third kappa shape index (κ3) is 2.70. The molecule has 1 aliphatic heterocycles. The second kappa shape index (κ2) is 5.97. The lowest BCUT2D eigenvalue weighted by molar-refractivity contribution is 0.147. The van der Waals surface area contributed by atoms with Gasteiger partial charge in [-0.2, -0.15) is 0 Å². The van der Waals surface area contributed by atoms with Gasteiger partial charge in [0.05, 0.1) is 18.5 Å². The molecule has 2 aromatic rings. The number of anilines is 2. The summed E-state index contributed by atoms with van der Waals surface area (Å²) in [6.45, 7) is 0.854. The van der Waals surface area contributed by atoms with E-state index in [0.29, 0.717) is 18.0 Å². The summed E-state index contributed by atoms with van der Waals surface area (Å²) in [5.74, 6) is 0.637. The lowest BCUT2D eigenvalue weighted by Crippen LogP contribution is -2.29. The fourth-order valence-electron chi connectivity index (χ4n) is 2.59. The number of nitrogens with zero attached hydrogens (tertiary/aromatic N) is 1. The number of carbonyl (C=O) groups excluding carboxylic acids is 1. The maximum atomic E-state index is 12.3. The second-order valence-corrected chi connectivity index (χ2v) is 5.16. The highest BCUT2D eigenvalue weighted by Crippen LogP contribution is 2.36. The Kier molecular flexibility index (Phi) is 3.87. The van der Waals surface area contributed by atoms with Gasteiger partial charge in [-0.1, -0.05) is 30.3 Å². The van der Waals surface area contributed by atoms with Crippen LogP contribution in [0.3, 0.4) is 0 Å². The van der Waals surface area contributed by atoms with Gasteiger partial charge in [-0.05, 0) is 29.7 Å². The van der Waals surface area contributed by atoms with Crippen LogP contribution in [0, 0.1) is 0 Å². The highest BCUT2D eigenvalue weighted by Gasteiger charge is 2.27. The number of carbonyl (C=O) groups is 1. The van der Waals surface area contributed by atoms with Gasteiger partial charge in [-0.25, -0.2) is 4.79 Å². The van der Waals surface area contributed by atoms with Crippen molar-refractivity contribution in [1.29, 1.82) is 0 Å². The fourth-order valence-corrected chi connectivity index (χ4v) is 2.59. The van der Waals surface area contributed by atoms with E-state index in [9.17, 15) is 4.79 Å². The van der Waals surface area contributed by atoms with Gasteiger partial charge in [-0.3, -0.25) is 4.90 Å². The molecule has 0 fully saturated rings. The Morgan fingerprint density at radius 1 is 1.27 bits per heavy atom. The number of amides is 1. The van der Waals surface area contributed by atoms with E-state index in [4.69, 9.17) is 15.2 Å². The first-order valence-electron chi connectivity index (χ1n) is 7.13. The summed E-state index contributed by atoms with van der Waals surface area (Å²) in [6, 6.07) is 13.3. The zero-order valence-electron chi connectivity index (χ0n) is 12.4. The monoisotopic (exact) mass is 298 g/mol. The quantitative estimate of drug-likeness (QED) is 0.885. The summed E-state index contributed by atoms with van der Waals surface area (Å²) in [6.07, 6.45) is 0.416. The van der Waals surface area contributed by atoms with Gasteiger partial charge in [0.2, 0.25) is 0 Å². The summed E-state index contributed by atoms with van der Waals surface area (Å²) in [5.41, 5.74) is 9.25. The number of benzene rings is 2. The van der Waals surface area contributed by atoms with Crippen molar-refractivity contribution in [3.05, 3.63) is 53.6 Å². The topological polar surface area (TPSA) is 64.8 Å². The molecule has 0 saturated heterocycles. The minimum absolute atomic E-state index is 0.261. The molecule has 1 amide bonds. The van der Waals surface area contributed by atoms with Gasteiger partial charge in [0, 0.05) is 6.54 Å². The molecule has 0 spiro atoms. The van der Waals surface area contributed by atoms with E-state index < -0.39 is 0 Å². The predicted octanol–water partition coefficient (Wildman–Crippen LogP) is 2.98. The zero-order chi connectivity index (χ0) is 15.5. The molecule has 1 heterocycles. The molecule has 0 bridgehead atoms. The van der Waals surface area contributed by atoms with E-state index in [1.165, 1.54) is 0 Å². The van der Waals surface area contributed by atoms with E-state index in [-0.39, 0.29) is 12.7 Å². The van der Waals surface area contributed by atoms with Crippen LogP contribution in [0.2, 0.25) is 0 Å². The molecule has 22 heavy (non-hydrogen) atoms. The van der Waals surface area contributed by atoms with Crippen LogP contribution in [0.1, 0.15) is 11.1 Å². The molecular formula is C17H18N2O3. The van der Waals surface area contributed by atoms with Gasteiger partial charge in [0.1, 0.15) is 12.4 Å². The number of fused-ring (bicyclic) bond motifs is 1. The van der Waals surface area contributed by atoms with Crippen LogP contribution in [0.4, 0.5) is 16.2 Å². The van der Waals surface area contributed by atoms with Crippen molar-refractivity contribution in [2.24, 2.45) is 0 Å². The maximum Gasteiger partial charge on any atom is 0.414 e. The van der Waals surface area contributed by atoms with E-state index in [1.54, 1.807) is 18.1 Å². The first kappa shape index (κ1) is 14.3.